The molecule has 2 fully saturated rings. The first-order chi connectivity index (χ1) is 23.0. The van der Waals surface area contributed by atoms with E-state index < -0.39 is 12.8 Å². The summed E-state index contributed by atoms with van der Waals surface area (Å²) in [6.07, 6.45) is -2.36. The van der Waals surface area contributed by atoms with Gasteiger partial charge in [-0.15, -0.1) is 5.10 Å². The molecule has 0 aliphatic carbocycles. The van der Waals surface area contributed by atoms with Crippen molar-refractivity contribution in [3.63, 3.8) is 0 Å². The molecule has 2 saturated heterocycles. The third-order valence-electron chi connectivity index (χ3n) is 8.36. The summed E-state index contributed by atoms with van der Waals surface area (Å²) in [6, 6.07) is 21.3. The summed E-state index contributed by atoms with van der Waals surface area (Å²) in [5, 5.41) is 7.38. The number of nitrogens with one attached hydrogen (secondary N) is 1. The fraction of sp³-hybridized carbons (Fsp3) is 0.257. The zero-order valence-electron chi connectivity index (χ0n) is 25.5. The summed E-state index contributed by atoms with van der Waals surface area (Å²) in [6.45, 7) is 0.749. The topological polar surface area (TPSA) is 98.1 Å². The molecule has 1 amide bonds. The van der Waals surface area contributed by atoms with Gasteiger partial charge in [-0.1, -0.05) is 36.4 Å². The number of hydrogen-bond donors (Lipinski definition) is 1. The first-order valence-electron chi connectivity index (χ1n) is 15.2. The Morgan fingerprint density at radius 3 is 2.21 bits per heavy atom. The largest absolute Gasteiger partial charge is 0.482 e. The monoisotopic (exact) mass is 659 g/mol. The lowest BCUT2D eigenvalue weighted by molar-refractivity contribution is -0.176. The van der Waals surface area contributed by atoms with Crippen molar-refractivity contribution in [2.45, 2.75) is 19.0 Å². The van der Waals surface area contributed by atoms with Crippen LogP contribution in [0.1, 0.15) is 21.5 Å². The van der Waals surface area contributed by atoms with Gasteiger partial charge < -0.3 is 19.7 Å². The highest BCUT2D eigenvalue weighted by atomic mass is 19.4. The van der Waals surface area contributed by atoms with E-state index in [1.807, 2.05) is 30.3 Å². The van der Waals surface area contributed by atoms with Gasteiger partial charge in [-0.25, -0.2) is 8.91 Å². The van der Waals surface area contributed by atoms with E-state index in [0.29, 0.717) is 32.0 Å². The predicted molar refractivity (Wildman–Crippen MR) is 168 cm³/mol. The fourth-order valence-corrected chi connectivity index (χ4v) is 5.86. The average molecular weight is 660 g/mol. The Balaban J connectivity index is 1.04. The van der Waals surface area contributed by atoms with Gasteiger partial charge >= 0.3 is 6.18 Å². The Morgan fingerprint density at radius 2 is 1.56 bits per heavy atom. The number of likely N-dealkylation sites (tertiary alicyclic amines) is 1. The molecule has 0 radical (unpaired) electrons. The van der Waals surface area contributed by atoms with Crippen LogP contribution in [0.2, 0.25) is 0 Å². The van der Waals surface area contributed by atoms with Gasteiger partial charge in [0.05, 0.1) is 24.3 Å². The van der Waals surface area contributed by atoms with Gasteiger partial charge in [0.1, 0.15) is 17.3 Å². The van der Waals surface area contributed by atoms with Crippen molar-refractivity contribution in [2.75, 3.05) is 38.2 Å². The number of amides is 1. The number of carbonyl (C=O) groups excluding carboxylic acids is 2. The van der Waals surface area contributed by atoms with Gasteiger partial charge in [0.15, 0.2) is 12.3 Å². The maximum absolute atomic E-state index is 13.1. The van der Waals surface area contributed by atoms with E-state index in [0.717, 1.165) is 22.3 Å². The quantitative estimate of drug-likeness (QED) is 0.183. The number of fused-ring (bicyclic) bond motifs is 1. The minimum Gasteiger partial charge on any atom is -0.482 e. The molecule has 2 aliphatic heterocycles. The lowest BCUT2D eigenvalue weighted by atomic mass is 9.78. The minimum absolute atomic E-state index is 0.00156. The molecule has 13 heteroatoms. The van der Waals surface area contributed by atoms with Crippen LogP contribution in [-0.4, -0.2) is 70.3 Å². The summed E-state index contributed by atoms with van der Waals surface area (Å²) >= 11 is 0. The molecular weight excluding hydrogens is 630 g/mol. The molecule has 4 heterocycles. The molecule has 2 aliphatic rings. The Labute approximate surface area is 272 Å². The highest BCUT2D eigenvalue weighted by molar-refractivity contribution is 5.96. The van der Waals surface area contributed by atoms with Crippen molar-refractivity contribution < 1.29 is 36.6 Å². The number of hydrogen-bond acceptors (Lipinski definition) is 7. The molecule has 7 rings (SSSR count). The second kappa shape index (κ2) is 12.4. The molecule has 3 aromatic carbocycles. The Morgan fingerprint density at radius 1 is 0.896 bits per heavy atom. The molecule has 0 bridgehead atoms. The number of anilines is 2. The minimum atomic E-state index is -4.58. The molecule has 0 atom stereocenters. The summed E-state index contributed by atoms with van der Waals surface area (Å²) < 4.78 is 64.3. The zero-order chi connectivity index (χ0) is 33.5. The lowest BCUT2D eigenvalue weighted by Crippen LogP contribution is -2.67. The van der Waals surface area contributed by atoms with Crippen molar-refractivity contribution in [1.82, 2.24) is 19.5 Å². The van der Waals surface area contributed by atoms with Crippen LogP contribution in [0.15, 0.2) is 85.1 Å². The molecule has 48 heavy (non-hydrogen) atoms. The second-order valence-corrected chi connectivity index (χ2v) is 12.3. The van der Waals surface area contributed by atoms with Gasteiger partial charge in [-0.3, -0.25) is 9.59 Å². The lowest BCUT2D eigenvalue weighted by Gasteiger charge is -2.54. The number of pyridine rings is 1. The number of aromatic nitrogens is 3. The first kappa shape index (κ1) is 31.3. The normalized spacial score (nSPS) is 15.2. The van der Waals surface area contributed by atoms with Gasteiger partial charge in [0.25, 0.3) is 5.91 Å². The maximum atomic E-state index is 13.1. The number of benzene rings is 3. The molecule has 1 N–H and O–H groups in total. The summed E-state index contributed by atoms with van der Waals surface area (Å²) in [7, 11) is 0. The molecule has 1 spiro atoms. The number of ketones is 1. The van der Waals surface area contributed by atoms with Crippen LogP contribution in [0.4, 0.5) is 29.2 Å². The third kappa shape index (κ3) is 6.86. The number of rotatable bonds is 10. The first-order valence-corrected chi connectivity index (χ1v) is 15.2. The van der Waals surface area contributed by atoms with Crippen molar-refractivity contribution in [3.05, 3.63) is 108 Å². The average Bonchev–Trinajstić information content (AvgIpc) is 3.42. The highest BCUT2D eigenvalue weighted by Crippen LogP contribution is 2.39. The SMILES string of the molecule is O=C(Cc1ccc(F)cc1)Cc1ccc(-c2ccc3nc(Nc4ccc(C(=O)N5CC6(COC6)C5)cc4OCC(F)(F)F)nn3c2)cc1. The zero-order valence-corrected chi connectivity index (χ0v) is 25.5. The standard InChI is InChI=1S/C35H29F4N5O4/c36-27-9-3-23(4-10-27)14-28(45)13-22-1-5-24(6-2-22)26-8-12-31-41-33(42-44(31)16-26)40-29-11-7-25(15-30(29)48-21-35(37,38)39)32(46)43-17-34(18-43)19-47-20-34/h1-12,15-16H,13-14,17-21H2,(H,40,42). The van der Waals surface area contributed by atoms with E-state index in [9.17, 15) is 27.2 Å². The van der Waals surface area contributed by atoms with E-state index in [4.69, 9.17) is 9.47 Å². The number of halogens is 4. The van der Waals surface area contributed by atoms with E-state index in [-0.39, 0.29) is 58.7 Å². The molecular formula is C35H29F4N5O4. The molecule has 246 valence electrons. The predicted octanol–water partition coefficient (Wildman–Crippen LogP) is 6.05. The molecule has 2 aromatic heterocycles. The van der Waals surface area contributed by atoms with E-state index in [1.165, 1.54) is 34.8 Å². The van der Waals surface area contributed by atoms with Gasteiger partial charge in [-0.05, 0) is 59.2 Å². The van der Waals surface area contributed by atoms with Crippen LogP contribution >= 0.6 is 0 Å². The van der Waals surface area contributed by atoms with Crippen molar-refractivity contribution in [3.8, 4) is 16.9 Å². The fourth-order valence-electron chi connectivity index (χ4n) is 5.86. The van der Waals surface area contributed by atoms with Crippen LogP contribution in [0.25, 0.3) is 16.8 Å². The highest BCUT2D eigenvalue weighted by Gasteiger charge is 2.50. The number of nitrogens with zero attached hydrogens (tertiary/aromatic N) is 4. The molecule has 0 saturated carbocycles. The van der Waals surface area contributed by atoms with Crippen LogP contribution in [0.5, 0.6) is 5.75 Å². The van der Waals surface area contributed by atoms with Crippen molar-refractivity contribution in [1.29, 1.82) is 0 Å². The molecule has 0 unspecified atom stereocenters. The Kier molecular flexibility index (Phi) is 8.07. The van der Waals surface area contributed by atoms with Crippen molar-refractivity contribution in [2.24, 2.45) is 5.41 Å². The smallest absolute Gasteiger partial charge is 0.422 e. The summed E-state index contributed by atoms with van der Waals surface area (Å²) in [5.41, 5.74) is 4.16. The van der Waals surface area contributed by atoms with Gasteiger partial charge in [0, 0.05) is 43.3 Å². The van der Waals surface area contributed by atoms with Crippen LogP contribution < -0.4 is 10.1 Å². The number of carbonyl (C=O) groups is 2. The number of ether oxygens (including phenoxy) is 2. The van der Waals surface area contributed by atoms with E-state index >= 15 is 0 Å². The van der Waals surface area contributed by atoms with E-state index in [2.05, 4.69) is 15.4 Å². The number of Topliss-reactive ketones (excluding diaryl/α,β-unsaturated/α-hetero) is 1. The van der Waals surface area contributed by atoms with Crippen molar-refractivity contribution >= 4 is 29.0 Å². The third-order valence-corrected chi connectivity index (χ3v) is 8.36. The number of alkyl halides is 3. The van der Waals surface area contributed by atoms with Gasteiger partial charge in [-0.2, -0.15) is 18.2 Å². The Hall–Kier alpha value is -5.30. The summed E-state index contributed by atoms with van der Waals surface area (Å²) in [5.74, 6) is -0.662. The maximum Gasteiger partial charge on any atom is 0.422 e. The van der Waals surface area contributed by atoms with E-state index in [1.54, 1.807) is 29.3 Å². The second-order valence-electron chi connectivity index (χ2n) is 12.3. The molecule has 5 aromatic rings. The van der Waals surface area contributed by atoms with Crippen LogP contribution in [0.3, 0.4) is 0 Å². The Bertz CT molecular complexity index is 1980. The van der Waals surface area contributed by atoms with Gasteiger partial charge in [0.2, 0.25) is 5.95 Å². The van der Waals surface area contributed by atoms with Crippen LogP contribution in [-0.2, 0) is 22.4 Å². The summed E-state index contributed by atoms with van der Waals surface area (Å²) in [4.78, 5) is 31.6. The van der Waals surface area contributed by atoms with Crippen LogP contribution in [0, 0.1) is 11.2 Å². The molecule has 9 nitrogen and oxygen atoms in total.